The van der Waals surface area contributed by atoms with E-state index in [1.165, 1.54) is 7.11 Å². The Labute approximate surface area is 276 Å². The molecule has 2 aromatic heterocycles. The number of hydrogen-bond donors (Lipinski definition) is 3. The molecule has 7 rings (SSSR count). The van der Waals surface area contributed by atoms with Gasteiger partial charge in [-0.05, 0) is 54.4 Å². The molecule has 48 heavy (non-hydrogen) atoms. The van der Waals surface area contributed by atoms with Gasteiger partial charge in [-0.3, -0.25) is 9.59 Å². The second-order valence-corrected chi connectivity index (χ2v) is 11.6. The van der Waals surface area contributed by atoms with E-state index in [1.54, 1.807) is 43.0 Å². The van der Waals surface area contributed by atoms with Crippen molar-refractivity contribution in [1.82, 2.24) is 14.9 Å². The summed E-state index contributed by atoms with van der Waals surface area (Å²) in [5.41, 5.74) is 4.07. The fourth-order valence-electron chi connectivity index (χ4n) is 6.66. The number of aromatic hydroxyl groups is 1. The van der Waals surface area contributed by atoms with Gasteiger partial charge < -0.3 is 38.9 Å². The molecule has 0 spiro atoms. The molecule has 10 heteroatoms. The maximum atomic E-state index is 14.3. The Morgan fingerprint density at radius 1 is 0.938 bits per heavy atom. The summed E-state index contributed by atoms with van der Waals surface area (Å²) in [7, 11) is 4.78. The largest absolute Gasteiger partial charge is 0.507 e. The van der Waals surface area contributed by atoms with E-state index in [-0.39, 0.29) is 22.8 Å². The number of aromatic amines is 1. The second kappa shape index (κ2) is 12.7. The number of carbonyl (C=O) groups is 1. The number of para-hydroxylation sites is 3. The van der Waals surface area contributed by atoms with E-state index in [4.69, 9.17) is 18.9 Å². The van der Waals surface area contributed by atoms with Gasteiger partial charge in [0.25, 0.3) is 11.5 Å². The predicted octanol–water partition coefficient (Wildman–Crippen LogP) is 5.67. The van der Waals surface area contributed by atoms with Crippen molar-refractivity contribution in [3.8, 4) is 28.7 Å². The zero-order valence-corrected chi connectivity index (χ0v) is 26.8. The smallest absolute Gasteiger partial charge is 0.258 e. The summed E-state index contributed by atoms with van der Waals surface area (Å²) < 4.78 is 24.4. The Hall–Kier alpha value is -5.90. The number of aromatic nitrogens is 2. The summed E-state index contributed by atoms with van der Waals surface area (Å²) in [6.45, 7) is 1.05. The van der Waals surface area contributed by atoms with E-state index in [9.17, 15) is 14.7 Å². The van der Waals surface area contributed by atoms with E-state index in [2.05, 4.69) is 10.3 Å². The number of fused-ring (bicyclic) bond motifs is 3. The average molecular weight is 646 g/mol. The highest BCUT2D eigenvalue weighted by Gasteiger charge is 2.34. The lowest BCUT2D eigenvalue weighted by atomic mass is 9.84. The number of carbonyl (C=O) groups excluding carboxylic acids is 1. The predicted molar refractivity (Wildman–Crippen MR) is 183 cm³/mol. The minimum atomic E-state index is -0.770. The third-order valence-corrected chi connectivity index (χ3v) is 8.95. The van der Waals surface area contributed by atoms with Crippen molar-refractivity contribution in [1.29, 1.82) is 0 Å². The van der Waals surface area contributed by atoms with Crippen LogP contribution >= 0.6 is 0 Å². The van der Waals surface area contributed by atoms with Crippen LogP contribution in [0, 0.1) is 0 Å². The van der Waals surface area contributed by atoms with Crippen molar-refractivity contribution < 1.29 is 28.8 Å². The van der Waals surface area contributed by atoms with Crippen LogP contribution in [0.1, 0.15) is 38.7 Å². The SMILES string of the molecule is COc1ccc(C(=O)NCCc2c(C(c3cccc4c3OCCO4)c3c(O)c4ccccc4n(C)c3=O)[nH]c3ccccc23)cc1OC. The fraction of sp³-hybridized carbons (Fsp3) is 0.211. The number of aryl methyl sites for hydroxylation is 1. The van der Waals surface area contributed by atoms with Crippen molar-refractivity contribution >= 4 is 27.7 Å². The Balaban J connectivity index is 1.37. The first-order chi connectivity index (χ1) is 23.4. The summed E-state index contributed by atoms with van der Waals surface area (Å²) in [6, 6.07) is 25.8. The molecular weight excluding hydrogens is 610 g/mol. The number of nitrogens with one attached hydrogen (secondary N) is 2. The molecule has 6 aromatic rings. The molecular formula is C38H35N3O7. The molecule has 1 amide bonds. The molecule has 10 nitrogen and oxygen atoms in total. The quantitative estimate of drug-likeness (QED) is 0.185. The molecule has 1 aliphatic rings. The van der Waals surface area contributed by atoms with Gasteiger partial charge in [0.15, 0.2) is 23.0 Å². The monoisotopic (exact) mass is 645 g/mol. The standard InChI is InChI=1S/C38H35N3O7/c1-41-28-13-7-5-10-25(28)35(42)33(38(41)44)32(26-11-8-14-30-36(26)48-20-19-47-30)34-24(23-9-4-6-12-27(23)40-34)17-18-39-37(43)22-15-16-29(45-2)31(21-22)46-3/h4-16,21,32,40,42H,17-20H2,1-3H3,(H,39,43). The first-order valence-corrected chi connectivity index (χ1v) is 15.7. The van der Waals surface area contributed by atoms with Crippen molar-refractivity contribution in [2.45, 2.75) is 12.3 Å². The summed E-state index contributed by atoms with van der Waals surface area (Å²) >= 11 is 0. The number of amides is 1. The molecule has 0 saturated carbocycles. The lowest BCUT2D eigenvalue weighted by molar-refractivity contribution is 0.0953. The Morgan fingerprint density at radius 3 is 2.50 bits per heavy atom. The minimum absolute atomic E-state index is 0.0978. The molecule has 3 heterocycles. The van der Waals surface area contributed by atoms with Crippen molar-refractivity contribution in [2.24, 2.45) is 7.05 Å². The van der Waals surface area contributed by atoms with Gasteiger partial charge in [0.2, 0.25) is 0 Å². The molecule has 0 fully saturated rings. The summed E-state index contributed by atoms with van der Waals surface area (Å²) in [5, 5.41) is 16.4. The van der Waals surface area contributed by atoms with Gasteiger partial charge in [-0.2, -0.15) is 0 Å². The van der Waals surface area contributed by atoms with E-state index < -0.39 is 5.92 Å². The van der Waals surface area contributed by atoms with Gasteiger partial charge in [-0.15, -0.1) is 0 Å². The first kappa shape index (κ1) is 30.7. The molecule has 0 aliphatic carbocycles. The number of benzene rings is 4. The first-order valence-electron chi connectivity index (χ1n) is 15.7. The van der Waals surface area contributed by atoms with Crippen LogP contribution in [-0.2, 0) is 13.5 Å². The minimum Gasteiger partial charge on any atom is -0.507 e. The number of hydrogen-bond acceptors (Lipinski definition) is 7. The van der Waals surface area contributed by atoms with Gasteiger partial charge in [0.1, 0.15) is 19.0 Å². The Kier molecular flexibility index (Phi) is 8.14. The van der Waals surface area contributed by atoms with Crippen LogP contribution in [-0.4, -0.2) is 54.5 Å². The Bertz CT molecular complexity index is 2240. The third kappa shape index (κ3) is 5.25. The highest BCUT2D eigenvalue weighted by Crippen LogP contribution is 2.47. The lowest BCUT2D eigenvalue weighted by Crippen LogP contribution is -2.28. The zero-order chi connectivity index (χ0) is 33.4. The number of methoxy groups -OCH3 is 2. The lowest BCUT2D eigenvalue weighted by Gasteiger charge is -2.27. The molecule has 0 saturated heterocycles. The summed E-state index contributed by atoms with van der Waals surface area (Å²) in [6.07, 6.45) is 0.427. The molecule has 0 radical (unpaired) electrons. The molecule has 1 atom stereocenters. The zero-order valence-electron chi connectivity index (χ0n) is 26.8. The van der Waals surface area contributed by atoms with E-state index >= 15 is 0 Å². The van der Waals surface area contributed by atoms with E-state index in [0.29, 0.717) is 76.9 Å². The van der Waals surface area contributed by atoms with Gasteiger partial charge in [-0.25, -0.2) is 0 Å². The van der Waals surface area contributed by atoms with Crippen LogP contribution in [0.25, 0.3) is 21.8 Å². The molecule has 1 aliphatic heterocycles. The van der Waals surface area contributed by atoms with Crippen LogP contribution in [0.3, 0.4) is 0 Å². The van der Waals surface area contributed by atoms with Gasteiger partial charge in [-0.1, -0.05) is 42.5 Å². The highest BCUT2D eigenvalue weighted by molar-refractivity contribution is 5.95. The van der Waals surface area contributed by atoms with Crippen molar-refractivity contribution in [3.63, 3.8) is 0 Å². The normalized spacial score (nSPS) is 13.0. The van der Waals surface area contributed by atoms with Crippen LogP contribution in [0.5, 0.6) is 28.7 Å². The van der Waals surface area contributed by atoms with Gasteiger partial charge >= 0.3 is 0 Å². The van der Waals surface area contributed by atoms with Crippen LogP contribution in [0.2, 0.25) is 0 Å². The maximum absolute atomic E-state index is 14.3. The van der Waals surface area contributed by atoms with E-state index in [1.807, 2.05) is 60.7 Å². The Morgan fingerprint density at radius 2 is 1.69 bits per heavy atom. The fourth-order valence-corrected chi connectivity index (χ4v) is 6.66. The van der Waals surface area contributed by atoms with Gasteiger partial charge in [0.05, 0.1) is 31.2 Å². The highest BCUT2D eigenvalue weighted by atomic mass is 16.6. The maximum Gasteiger partial charge on any atom is 0.258 e. The van der Waals surface area contributed by atoms with Crippen LogP contribution in [0.15, 0.2) is 89.7 Å². The molecule has 3 N–H and O–H groups in total. The molecule has 0 bridgehead atoms. The molecule has 4 aromatic carbocycles. The number of nitrogens with zero attached hydrogens (tertiary/aromatic N) is 1. The molecule has 244 valence electrons. The van der Waals surface area contributed by atoms with Gasteiger partial charge in [0, 0.05) is 46.7 Å². The number of pyridine rings is 1. The second-order valence-electron chi connectivity index (χ2n) is 11.6. The van der Waals surface area contributed by atoms with Crippen LogP contribution in [0.4, 0.5) is 0 Å². The summed E-state index contributed by atoms with van der Waals surface area (Å²) in [4.78, 5) is 31.1. The summed E-state index contributed by atoms with van der Waals surface area (Å²) in [5.74, 6) is 0.950. The van der Waals surface area contributed by atoms with Crippen molar-refractivity contribution in [3.05, 3.63) is 123 Å². The van der Waals surface area contributed by atoms with Crippen molar-refractivity contribution in [2.75, 3.05) is 34.0 Å². The molecule has 1 unspecified atom stereocenters. The number of rotatable bonds is 9. The number of H-pyrrole nitrogens is 1. The third-order valence-electron chi connectivity index (χ3n) is 8.95. The van der Waals surface area contributed by atoms with E-state index in [0.717, 1.165) is 16.5 Å². The number of ether oxygens (including phenoxy) is 4. The average Bonchev–Trinajstić information content (AvgIpc) is 3.49. The topological polar surface area (TPSA) is 124 Å². The van der Waals surface area contributed by atoms with Crippen LogP contribution < -0.4 is 29.8 Å².